The van der Waals surface area contributed by atoms with Gasteiger partial charge >= 0.3 is 0 Å². The first-order chi connectivity index (χ1) is 12.3. The summed E-state index contributed by atoms with van der Waals surface area (Å²) >= 11 is 1.63. The van der Waals surface area contributed by atoms with Gasteiger partial charge in [-0.3, -0.25) is 14.7 Å². The fourth-order valence-corrected chi connectivity index (χ4v) is 3.93. The van der Waals surface area contributed by atoms with Crippen molar-refractivity contribution in [1.29, 1.82) is 0 Å². The summed E-state index contributed by atoms with van der Waals surface area (Å²) in [6.45, 7) is 2.96. The molecule has 0 spiro atoms. The second-order valence-corrected chi connectivity index (χ2v) is 7.18. The third-order valence-electron chi connectivity index (χ3n) is 4.46. The quantitative estimate of drug-likeness (QED) is 0.790. The van der Waals surface area contributed by atoms with Crippen molar-refractivity contribution in [2.75, 3.05) is 19.6 Å². The lowest BCUT2D eigenvalue weighted by Gasteiger charge is -2.35. The van der Waals surface area contributed by atoms with Crippen molar-refractivity contribution in [2.24, 2.45) is 5.73 Å². The summed E-state index contributed by atoms with van der Waals surface area (Å²) in [5.41, 5.74) is 7.43. The van der Waals surface area contributed by atoms with Crippen molar-refractivity contribution in [1.82, 2.24) is 20.2 Å². The summed E-state index contributed by atoms with van der Waals surface area (Å²) in [7, 11) is 0. The predicted octanol–water partition coefficient (Wildman–Crippen LogP) is 2.02. The lowest BCUT2D eigenvalue weighted by molar-refractivity contribution is -0.121. The Hall–Kier alpha value is -1.83. The number of nitrogens with one attached hydrogen (secondary N) is 1. The normalized spacial score (nSPS) is 18.2. The molecular weight excluding hydrogens is 334 g/mol. The highest BCUT2D eigenvalue weighted by molar-refractivity contribution is 7.13. The van der Waals surface area contributed by atoms with Crippen LogP contribution in [0.3, 0.4) is 0 Å². The number of piperidine rings is 1. The van der Waals surface area contributed by atoms with Gasteiger partial charge in [-0.1, -0.05) is 12.5 Å². The van der Waals surface area contributed by atoms with Crippen LogP contribution in [-0.4, -0.2) is 46.5 Å². The van der Waals surface area contributed by atoms with Gasteiger partial charge in [0.1, 0.15) is 5.01 Å². The first-order valence-electron chi connectivity index (χ1n) is 8.83. The Bertz CT molecular complexity index is 675. The minimum atomic E-state index is 0.0409. The zero-order valence-corrected chi connectivity index (χ0v) is 15.2. The van der Waals surface area contributed by atoms with Crippen LogP contribution in [0.2, 0.25) is 0 Å². The molecule has 0 aromatic carbocycles. The molecule has 2 aromatic rings. The molecular formula is C18H25N5OS. The van der Waals surface area contributed by atoms with Crippen LogP contribution in [-0.2, 0) is 11.3 Å². The van der Waals surface area contributed by atoms with E-state index in [0.717, 1.165) is 35.9 Å². The minimum absolute atomic E-state index is 0.0409. The second kappa shape index (κ2) is 9.03. The molecule has 1 amide bonds. The summed E-state index contributed by atoms with van der Waals surface area (Å²) in [6.07, 6.45) is 5.71. The molecule has 1 fully saturated rings. The van der Waals surface area contributed by atoms with Gasteiger partial charge in [0.2, 0.25) is 5.91 Å². The van der Waals surface area contributed by atoms with Crippen LogP contribution in [0.15, 0.2) is 29.8 Å². The Kier molecular flexibility index (Phi) is 6.49. The predicted molar refractivity (Wildman–Crippen MR) is 100 cm³/mol. The van der Waals surface area contributed by atoms with Gasteiger partial charge in [0.05, 0.1) is 11.4 Å². The second-order valence-electron chi connectivity index (χ2n) is 6.32. The van der Waals surface area contributed by atoms with E-state index in [1.807, 2.05) is 18.2 Å². The molecule has 3 heterocycles. The van der Waals surface area contributed by atoms with Gasteiger partial charge in [0.25, 0.3) is 0 Å². The van der Waals surface area contributed by atoms with Crippen LogP contribution < -0.4 is 11.1 Å². The summed E-state index contributed by atoms with van der Waals surface area (Å²) < 4.78 is 0. The number of carbonyl (C=O) groups excluding carboxylic acids is 1. The standard InChI is InChI=1S/C18H25N5OS/c19-8-7-17(24)21-11-15-5-2-4-10-23(15)12-14-13-25-18(22-14)16-6-1-3-9-20-16/h1,3,6,9,13,15H,2,4-5,7-8,10-12,19H2,(H,21,24). The number of rotatable bonds is 7. The number of aromatic nitrogens is 2. The van der Waals surface area contributed by atoms with E-state index in [9.17, 15) is 4.79 Å². The van der Waals surface area contributed by atoms with Crippen molar-refractivity contribution in [3.8, 4) is 10.7 Å². The fraction of sp³-hybridized carbons (Fsp3) is 0.500. The third kappa shape index (κ3) is 5.07. The van der Waals surface area contributed by atoms with E-state index in [4.69, 9.17) is 10.7 Å². The Morgan fingerprint density at radius 2 is 2.32 bits per heavy atom. The van der Waals surface area contributed by atoms with E-state index >= 15 is 0 Å². The molecule has 0 bridgehead atoms. The summed E-state index contributed by atoms with van der Waals surface area (Å²) in [6, 6.07) is 6.25. The van der Waals surface area contributed by atoms with Crippen molar-refractivity contribution >= 4 is 17.2 Å². The van der Waals surface area contributed by atoms with Gasteiger partial charge in [-0.15, -0.1) is 11.3 Å². The lowest BCUT2D eigenvalue weighted by atomic mass is 10.0. The molecule has 1 atom stereocenters. The van der Waals surface area contributed by atoms with E-state index in [0.29, 0.717) is 25.6 Å². The molecule has 0 saturated carbocycles. The van der Waals surface area contributed by atoms with E-state index in [2.05, 4.69) is 20.6 Å². The van der Waals surface area contributed by atoms with Crippen molar-refractivity contribution in [3.63, 3.8) is 0 Å². The Labute approximate surface area is 152 Å². The maximum atomic E-state index is 11.7. The van der Waals surface area contributed by atoms with Gasteiger partial charge < -0.3 is 11.1 Å². The Morgan fingerprint density at radius 3 is 3.12 bits per heavy atom. The van der Waals surface area contributed by atoms with Gasteiger partial charge in [-0.05, 0) is 31.5 Å². The number of nitrogens with two attached hydrogens (primary N) is 1. The van der Waals surface area contributed by atoms with E-state index < -0.39 is 0 Å². The topological polar surface area (TPSA) is 84.1 Å². The van der Waals surface area contributed by atoms with Crippen molar-refractivity contribution in [3.05, 3.63) is 35.5 Å². The molecule has 134 valence electrons. The number of thiazole rings is 1. The molecule has 3 rings (SSSR count). The first kappa shape index (κ1) is 18.0. The molecule has 0 radical (unpaired) electrons. The third-order valence-corrected chi connectivity index (χ3v) is 5.37. The fourth-order valence-electron chi connectivity index (χ4n) is 3.15. The van der Waals surface area contributed by atoms with Crippen molar-refractivity contribution < 1.29 is 4.79 Å². The molecule has 1 saturated heterocycles. The van der Waals surface area contributed by atoms with E-state index in [1.165, 1.54) is 12.8 Å². The van der Waals surface area contributed by atoms with Crippen LogP contribution in [0.4, 0.5) is 0 Å². The average molecular weight is 359 g/mol. The molecule has 1 unspecified atom stereocenters. The highest BCUT2D eigenvalue weighted by Crippen LogP contribution is 2.24. The molecule has 3 N–H and O–H groups in total. The molecule has 25 heavy (non-hydrogen) atoms. The zero-order valence-electron chi connectivity index (χ0n) is 14.4. The molecule has 7 heteroatoms. The molecule has 1 aliphatic heterocycles. The number of carbonyl (C=O) groups is 1. The number of likely N-dealkylation sites (tertiary alicyclic amines) is 1. The maximum Gasteiger partial charge on any atom is 0.221 e. The SMILES string of the molecule is NCCC(=O)NCC1CCCCN1Cc1csc(-c2ccccn2)n1. The molecule has 0 aliphatic carbocycles. The highest BCUT2D eigenvalue weighted by Gasteiger charge is 2.23. The Morgan fingerprint density at radius 1 is 1.40 bits per heavy atom. The number of nitrogens with zero attached hydrogens (tertiary/aromatic N) is 3. The van der Waals surface area contributed by atoms with Crippen LogP contribution in [0.25, 0.3) is 10.7 Å². The molecule has 1 aliphatic rings. The van der Waals surface area contributed by atoms with E-state index in [1.54, 1.807) is 17.5 Å². The van der Waals surface area contributed by atoms with Crippen LogP contribution in [0.1, 0.15) is 31.4 Å². The van der Waals surface area contributed by atoms with Crippen LogP contribution >= 0.6 is 11.3 Å². The summed E-state index contributed by atoms with van der Waals surface area (Å²) in [5, 5.41) is 6.08. The monoisotopic (exact) mass is 359 g/mol. The number of amides is 1. The van der Waals surface area contributed by atoms with Crippen LogP contribution in [0, 0.1) is 0 Å². The van der Waals surface area contributed by atoms with Gasteiger partial charge in [-0.25, -0.2) is 4.98 Å². The number of pyridine rings is 1. The average Bonchev–Trinajstić information content (AvgIpc) is 3.11. The smallest absolute Gasteiger partial charge is 0.221 e. The minimum Gasteiger partial charge on any atom is -0.354 e. The van der Waals surface area contributed by atoms with Gasteiger partial charge in [-0.2, -0.15) is 0 Å². The summed E-state index contributed by atoms with van der Waals surface area (Å²) in [5.74, 6) is 0.0409. The largest absolute Gasteiger partial charge is 0.354 e. The van der Waals surface area contributed by atoms with Gasteiger partial charge in [0, 0.05) is 43.7 Å². The molecule has 6 nitrogen and oxygen atoms in total. The first-order valence-corrected chi connectivity index (χ1v) is 9.71. The van der Waals surface area contributed by atoms with Crippen molar-refractivity contribution in [2.45, 2.75) is 38.3 Å². The molecule has 2 aromatic heterocycles. The zero-order chi connectivity index (χ0) is 17.5. The number of hydrogen-bond acceptors (Lipinski definition) is 6. The van der Waals surface area contributed by atoms with E-state index in [-0.39, 0.29) is 5.91 Å². The number of hydrogen-bond donors (Lipinski definition) is 2. The maximum absolute atomic E-state index is 11.7. The van der Waals surface area contributed by atoms with Gasteiger partial charge in [0.15, 0.2) is 0 Å². The summed E-state index contributed by atoms with van der Waals surface area (Å²) in [4.78, 5) is 23.2. The highest BCUT2D eigenvalue weighted by atomic mass is 32.1. The van der Waals surface area contributed by atoms with Crippen LogP contribution in [0.5, 0.6) is 0 Å². The Balaban J connectivity index is 1.60. The lowest BCUT2D eigenvalue weighted by Crippen LogP contribution is -2.46.